The topological polar surface area (TPSA) is 59.0 Å². The average Bonchev–Trinajstić information content (AvgIpc) is 3.03. The summed E-state index contributed by atoms with van der Waals surface area (Å²) in [7, 11) is 0. The van der Waals surface area contributed by atoms with E-state index >= 15 is 0 Å². The van der Waals surface area contributed by atoms with Gasteiger partial charge in [0, 0.05) is 36.3 Å². The number of carbonyl (C=O) groups excluding carboxylic acids is 1. The van der Waals surface area contributed by atoms with E-state index in [0.29, 0.717) is 24.6 Å². The molecule has 25 heavy (non-hydrogen) atoms. The molecule has 1 amide bonds. The van der Waals surface area contributed by atoms with Crippen LogP contribution in [0, 0.1) is 5.92 Å². The molecule has 0 aliphatic carbocycles. The predicted octanol–water partition coefficient (Wildman–Crippen LogP) is 3.38. The number of aromatic nitrogens is 3. The summed E-state index contributed by atoms with van der Waals surface area (Å²) in [4.78, 5) is 28.1. The third kappa shape index (κ3) is 3.09. The molecule has 4 rings (SSSR count). The van der Waals surface area contributed by atoms with Gasteiger partial charge in [0.25, 0.3) is 5.91 Å². The number of hydrogen-bond acceptors (Lipinski definition) is 4. The van der Waals surface area contributed by atoms with Crippen molar-refractivity contribution in [2.24, 2.45) is 5.92 Å². The molecule has 126 valence electrons. The molecule has 5 nitrogen and oxygen atoms in total. The van der Waals surface area contributed by atoms with Gasteiger partial charge in [-0.05, 0) is 18.1 Å². The quantitative estimate of drug-likeness (QED) is 0.738. The molecule has 0 spiro atoms. The van der Waals surface area contributed by atoms with E-state index in [0.717, 1.165) is 34.4 Å². The number of carbonyl (C=O) groups is 1. The zero-order valence-electron chi connectivity index (χ0n) is 14.4. The lowest BCUT2D eigenvalue weighted by molar-refractivity contribution is 0.0750. The van der Waals surface area contributed by atoms with Crippen LogP contribution in [-0.4, -0.2) is 25.8 Å². The molecule has 0 unspecified atom stereocenters. The molecule has 0 atom stereocenters. The fourth-order valence-corrected chi connectivity index (χ4v) is 3.17. The van der Waals surface area contributed by atoms with Crippen molar-refractivity contribution in [3.63, 3.8) is 0 Å². The molecule has 0 N–H and O–H groups in total. The standard InChI is InChI=1S/C20H20N4O/c1-13(2)7-19-22-10-16-11-24(12-18(16)23-19)20(25)15-8-14-5-3-4-6-17(14)21-9-15/h3-6,8-10,13H,7,11-12H2,1-2H3. The minimum atomic E-state index is -0.0123. The van der Waals surface area contributed by atoms with Crippen LogP contribution in [0.2, 0.25) is 0 Å². The molecule has 1 aliphatic heterocycles. The van der Waals surface area contributed by atoms with Gasteiger partial charge in [0.05, 0.1) is 23.3 Å². The average molecular weight is 332 g/mol. The normalized spacial score (nSPS) is 13.5. The van der Waals surface area contributed by atoms with Crippen molar-refractivity contribution in [2.45, 2.75) is 33.4 Å². The Morgan fingerprint density at radius 3 is 2.84 bits per heavy atom. The van der Waals surface area contributed by atoms with Crippen molar-refractivity contribution in [1.82, 2.24) is 19.9 Å². The maximum Gasteiger partial charge on any atom is 0.256 e. The molecular weight excluding hydrogens is 312 g/mol. The van der Waals surface area contributed by atoms with E-state index in [-0.39, 0.29) is 5.91 Å². The number of hydrogen-bond donors (Lipinski definition) is 0. The minimum absolute atomic E-state index is 0.0123. The summed E-state index contributed by atoms with van der Waals surface area (Å²) < 4.78 is 0. The Morgan fingerprint density at radius 2 is 2.00 bits per heavy atom. The van der Waals surface area contributed by atoms with Gasteiger partial charge in [-0.25, -0.2) is 9.97 Å². The SMILES string of the molecule is CC(C)Cc1ncc2c(n1)CN(C(=O)c1cnc3ccccc3c1)C2. The lowest BCUT2D eigenvalue weighted by Gasteiger charge is -2.15. The maximum atomic E-state index is 12.9. The third-order valence-corrected chi connectivity index (χ3v) is 4.42. The Bertz CT molecular complexity index is 951. The van der Waals surface area contributed by atoms with E-state index < -0.39 is 0 Å². The van der Waals surface area contributed by atoms with Crippen molar-refractivity contribution in [3.8, 4) is 0 Å². The summed E-state index contributed by atoms with van der Waals surface area (Å²) >= 11 is 0. The van der Waals surface area contributed by atoms with Crippen LogP contribution in [-0.2, 0) is 19.5 Å². The first-order chi connectivity index (χ1) is 12.1. The van der Waals surface area contributed by atoms with Gasteiger partial charge >= 0.3 is 0 Å². The second kappa shape index (κ2) is 6.24. The molecule has 5 heteroatoms. The van der Waals surface area contributed by atoms with Gasteiger partial charge < -0.3 is 4.90 Å². The highest BCUT2D eigenvalue weighted by atomic mass is 16.2. The summed E-state index contributed by atoms with van der Waals surface area (Å²) in [5.41, 5.74) is 3.51. The zero-order chi connectivity index (χ0) is 17.4. The van der Waals surface area contributed by atoms with E-state index in [1.807, 2.05) is 41.4 Å². The monoisotopic (exact) mass is 332 g/mol. The highest BCUT2D eigenvalue weighted by Crippen LogP contribution is 2.23. The Kier molecular flexibility index (Phi) is 3.92. The number of amides is 1. The second-order valence-corrected chi connectivity index (χ2v) is 6.93. The van der Waals surface area contributed by atoms with Crippen LogP contribution in [0.1, 0.15) is 41.3 Å². The van der Waals surface area contributed by atoms with Crippen molar-refractivity contribution in [3.05, 3.63) is 65.4 Å². The van der Waals surface area contributed by atoms with Gasteiger partial charge in [0.15, 0.2) is 0 Å². The summed E-state index contributed by atoms with van der Waals surface area (Å²) in [5.74, 6) is 1.36. The number of para-hydroxylation sites is 1. The van der Waals surface area contributed by atoms with Crippen LogP contribution in [0.5, 0.6) is 0 Å². The van der Waals surface area contributed by atoms with Crippen LogP contribution in [0.3, 0.4) is 0 Å². The summed E-state index contributed by atoms with van der Waals surface area (Å²) in [5, 5.41) is 0.976. The largest absolute Gasteiger partial charge is 0.328 e. The van der Waals surface area contributed by atoms with E-state index in [1.54, 1.807) is 6.20 Å². The van der Waals surface area contributed by atoms with E-state index in [4.69, 9.17) is 0 Å². The summed E-state index contributed by atoms with van der Waals surface area (Å²) in [6.45, 7) is 5.40. The fourth-order valence-electron chi connectivity index (χ4n) is 3.17. The molecule has 0 bridgehead atoms. The second-order valence-electron chi connectivity index (χ2n) is 6.93. The molecule has 0 saturated carbocycles. The van der Waals surface area contributed by atoms with Crippen LogP contribution in [0.15, 0.2) is 42.7 Å². The molecule has 1 aliphatic rings. The van der Waals surface area contributed by atoms with Crippen LogP contribution in [0.25, 0.3) is 10.9 Å². The van der Waals surface area contributed by atoms with E-state index in [2.05, 4.69) is 28.8 Å². The molecule has 0 fully saturated rings. The number of fused-ring (bicyclic) bond motifs is 2. The minimum Gasteiger partial charge on any atom is -0.328 e. The maximum absolute atomic E-state index is 12.9. The van der Waals surface area contributed by atoms with Crippen molar-refractivity contribution < 1.29 is 4.79 Å². The number of pyridine rings is 1. The Hall–Kier alpha value is -2.82. The van der Waals surface area contributed by atoms with Gasteiger partial charge in [-0.15, -0.1) is 0 Å². The van der Waals surface area contributed by atoms with Crippen LogP contribution in [0.4, 0.5) is 0 Å². The van der Waals surface area contributed by atoms with Crippen molar-refractivity contribution >= 4 is 16.8 Å². The number of nitrogens with zero attached hydrogens (tertiary/aromatic N) is 4. The molecule has 3 aromatic rings. The van der Waals surface area contributed by atoms with Gasteiger partial charge in [-0.3, -0.25) is 9.78 Å². The third-order valence-electron chi connectivity index (χ3n) is 4.42. The van der Waals surface area contributed by atoms with Gasteiger partial charge in [-0.2, -0.15) is 0 Å². The fraction of sp³-hybridized carbons (Fsp3) is 0.300. The van der Waals surface area contributed by atoms with Crippen molar-refractivity contribution in [1.29, 1.82) is 0 Å². The first-order valence-electron chi connectivity index (χ1n) is 8.58. The number of rotatable bonds is 3. The number of benzene rings is 1. The Balaban J connectivity index is 1.56. The van der Waals surface area contributed by atoms with E-state index in [9.17, 15) is 4.79 Å². The summed E-state index contributed by atoms with van der Waals surface area (Å²) in [6.07, 6.45) is 4.38. The molecule has 0 saturated heterocycles. The lowest BCUT2D eigenvalue weighted by atomic mass is 10.1. The Labute approximate surface area is 146 Å². The summed E-state index contributed by atoms with van der Waals surface area (Å²) in [6, 6.07) is 9.73. The first-order valence-corrected chi connectivity index (χ1v) is 8.58. The first kappa shape index (κ1) is 15.7. The van der Waals surface area contributed by atoms with Gasteiger partial charge in [-0.1, -0.05) is 32.0 Å². The Morgan fingerprint density at radius 1 is 1.16 bits per heavy atom. The van der Waals surface area contributed by atoms with Crippen LogP contribution < -0.4 is 0 Å². The van der Waals surface area contributed by atoms with Crippen LogP contribution >= 0.6 is 0 Å². The molecule has 2 aromatic heterocycles. The van der Waals surface area contributed by atoms with Gasteiger partial charge in [0.1, 0.15) is 5.82 Å². The predicted molar refractivity (Wildman–Crippen MR) is 95.9 cm³/mol. The molecule has 1 aromatic carbocycles. The molecular formula is C20H20N4O. The highest BCUT2D eigenvalue weighted by molar-refractivity contribution is 5.97. The lowest BCUT2D eigenvalue weighted by Crippen LogP contribution is -2.25. The highest BCUT2D eigenvalue weighted by Gasteiger charge is 2.26. The van der Waals surface area contributed by atoms with Gasteiger partial charge in [0.2, 0.25) is 0 Å². The smallest absolute Gasteiger partial charge is 0.256 e. The van der Waals surface area contributed by atoms with E-state index in [1.165, 1.54) is 0 Å². The van der Waals surface area contributed by atoms with Crippen molar-refractivity contribution in [2.75, 3.05) is 0 Å². The zero-order valence-corrected chi connectivity index (χ0v) is 14.4. The molecule has 3 heterocycles. The molecule has 0 radical (unpaired) electrons.